The summed E-state index contributed by atoms with van der Waals surface area (Å²) < 4.78 is 30.6. The molecule has 0 unspecified atom stereocenters. The lowest BCUT2D eigenvalue weighted by Gasteiger charge is -2.24. The Labute approximate surface area is 148 Å². The standard InChI is InChI=1S/C17H24N2O5S/c1-13(20)15-4-3-5-16(12-15)19(25(2,22)23)9-8-18-17(21)14-6-10-24-11-7-14/h3-5,12,14H,6-11H2,1-2H3,(H,18,21). The van der Waals surface area contributed by atoms with Crippen molar-refractivity contribution in [3.05, 3.63) is 29.8 Å². The van der Waals surface area contributed by atoms with Gasteiger partial charge in [-0.2, -0.15) is 0 Å². The number of ether oxygens (including phenoxy) is 1. The summed E-state index contributed by atoms with van der Waals surface area (Å²) in [4.78, 5) is 23.6. The van der Waals surface area contributed by atoms with E-state index in [0.717, 1.165) is 6.26 Å². The number of anilines is 1. The smallest absolute Gasteiger partial charge is 0.232 e. The predicted molar refractivity (Wildman–Crippen MR) is 95.2 cm³/mol. The van der Waals surface area contributed by atoms with Crippen molar-refractivity contribution in [3.8, 4) is 0 Å². The Hall–Kier alpha value is -1.93. The van der Waals surface area contributed by atoms with E-state index in [1.54, 1.807) is 24.3 Å². The van der Waals surface area contributed by atoms with Crippen LogP contribution in [0.3, 0.4) is 0 Å². The predicted octanol–water partition coefficient (Wildman–Crippen LogP) is 1.20. The summed E-state index contributed by atoms with van der Waals surface area (Å²) in [5.41, 5.74) is 0.855. The van der Waals surface area contributed by atoms with Gasteiger partial charge in [0.15, 0.2) is 5.78 Å². The molecule has 1 heterocycles. The molecule has 0 atom stereocenters. The van der Waals surface area contributed by atoms with Crippen LogP contribution < -0.4 is 9.62 Å². The fourth-order valence-electron chi connectivity index (χ4n) is 2.75. The van der Waals surface area contributed by atoms with Crippen molar-refractivity contribution in [1.82, 2.24) is 5.32 Å². The average Bonchev–Trinajstić information content (AvgIpc) is 2.58. The Morgan fingerprint density at radius 2 is 1.96 bits per heavy atom. The molecular formula is C17H24N2O5S. The van der Waals surface area contributed by atoms with E-state index < -0.39 is 10.0 Å². The van der Waals surface area contributed by atoms with Gasteiger partial charge in [0.25, 0.3) is 0 Å². The molecule has 8 heteroatoms. The zero-order chi connectivity index (χ0) is 18.4. The van der Waals surface area contributed by atoms with Crippen LogP contribution in [0.2, 0.25) is 0 Å². The minimum atomic E-state index is -3.53. The molecule has 138 valence electrons. The van der Waals surface area contributed by atoms with E-state index in [1.807, 2.05) is 0 Å². The highest BCUT2D eigenvalue weighted by Gasteiger charge is 2.22. The quantitative estimate of drug-likeness (QED) is 0.730. The van der Waals surface area contributed by atoms with Crippen LogP contribution >= 0.6 is 0 Å². The fourth-order valence-corrected chi connectivity index (χ4v) is 3.67. The van der Waals surface area contributed by atoms with Gasteiger partial charge >= 0.3 is 0 Å². The van der Waals surface area contributed by atoms with Crippen molar-refractivity contribution >= 4 is 27.4 Å². The summed E-state index contributed by atoms with van der Waals surface area (Å²) in [6.45, 7) is 2.89. The molecule has 0 bridgehead atoms. The van der Waals surface area contributed by atoms with Crippen LogP contribution in [0.4, 0.5) is 5.69 Å². The molecule has 1 aliphatic heterocycles. The van der Waals surface area contributed by atoms with E-state index in [0.29, 0.717) is 37.3 Å². The Bertz CT molecular complexity index is 726. The number of rotatable bonds is 7. The number of hydrogen-bond acceptors (Lipinski definition) is 5. The summed E-state index contributed by atoms with van der Waals surface area (Å²) in [6.07, 6.45) is 2.47. The molecule has 1 saturated heterocycles. The van der Waals surface area contributed by atoms with Gasteiger partial charge in [-0.05, 0) is 31.9 Å². The second kappa shape index (κ2) is 8.44. The molecule has 2 rings (SSSR count). The summed E-state index contributed by atoms with van der Waals surface area (Å²) in [7, 11) is -3.53. The molecule has 0 radical (unpaired) electrons. The lowest BCUT2D eigenvalue weighted by Crippen LogP contribution is -2.41. The number of nitrogens with zero attached hydrogens (tertiary/aromatic N) is 1. The minimum absolute atomic E-state index is 0.0748. The first kappa shape index (κ1) is 19.4. The Kier molecular flexibility index (Phi) is 6.55. The highest BCUT2D eigenvalue weighted by atomic mass is 32.2. The van der Waals surface area contributed by atoms with E-state index in [2.05, 4.69) is 5.32 Å². The Morgan fingerprint density at radius 3 is 2.56 bits per heavy atom. The van der Waals surface area contributed by atoms with Gasteiger partial charge in [0.1, 0.15) is 0 Å². The molecule has 0 spiro atoms. The Morgan fingerprint density at radius 1 is 1.28 bits per heavy atom. The second-order valence-corrected chi connectivity index (χ2v) is 8.03. The average molecular weight is 368 g/mol. The van der Waals surface area contributed by atoms with Crippen LogP contribution in [0.5, 0.6) is 0 Å². The van der Waals surface area contributed by atoms with Gasteiger partial charge in [-0.25, -0.2) is 8.42 Å². The molecule has 1 amide bonds. The normalized spacial score (nSPS) is 15.6. The fraction of sp³-hybridized carbons (Fsp3) is 0.529. The number of Topliss-reactive ketones (excluding diaryl/α,β-unsaturated/α-hetero) is 1. The minimum Gasteiger partial charge on any atom is -0.381 e. The number of amides is 1. The lowest BCUT2D eigenvalue weighted by molar-refractivity contribution is -0.127. The highest BCUT2D eigenvalue weighted by molar-refractivity contribution is 7.92. The molecule has 0 aromatic heterocycles. The maximum atomic E-state index is 12.1. The Balaban J connectivity index is 2.02. The second-order valence-electron chi connectivity index (χ2n) is 6.12. The van der Waals surface area contributed by atoms with E-state index >= 15 is 0 Å². The van der Waals surface area contributed by atoms with Gasteiger partial charge in [0.2, 0.25) is 15.9 Å². The summed E-state index contributed by atoms with van der Waals surface area (Å²) in [5, 5.41) is 2.79. The molecule has 1 fully saturated rings. The first-order valence-corrected chi connectivity index (χ1v) is 10.1. The number of hydrogen-bond donors (Lipinski definition) is 1. The van der Waals surface area contributed by atoms with Gasteiger partial charge in [-0.15, -0.1) is 0 Å². The monoisotopic (exact) mass is 368 g/mol. The summed E-state index contributed by atoms with van der Waals surface area (Å²) in [5.74, 6) is -0.293. The molecule has 7 nitrogen and oxygen atoms in total. The molecule has 1 aromatic rings. The molecule has 0 saturated carbocycles. The van der Waals surface area contributed by atoms with Crippen LogP contribution in [0.1, 0.15) is 30.1 Å². The number of benzene rings is 1. The zero-order valence-electron chi connectivity index (χ0n) is 14.5. The van der Waals surface area contributed by atoms with E-state index in [-0.39, 0.29) is 30.7 Å². The molecule has 25 heavy (non-hydrogen) atoms. The maximum Gasteiger partial charge on any atom is 0.232 e. The first-order chi connectivity index (χ1) is 11.8. The third-order valence-corrected chi connectivity index (χ3v) is 5.34. The van der Waals surface area contributed by atoms with E-state index in [4.69, 9.17) is 4.74 Å². The lowest BCUT2D eigenvalue weighted by atomic mass is 9.99. The third kappa shape index (κ3) is 5.54. The maximum absolute atomic E-state index is 12.1. The topological polar surface area (TPSA) is 92.8 Å². The highest BCUT2D eigenvalue weighted by Crippen LogP contribution is 2.19. The number of carbonyl (C=O) groups excluding carboxylic acids is 2. The molecular weight excluding hydrogens is 344 g/mol. The third-order valence-electron chi connectivity index (χ3n) is 4.15. The van der Waals surface area contributed by atoms with Crippen molar-refractivity contribution in [2.75, 3.05) is 36.9 Å². The first-order valence-electron chi connectivity index (χ1n) is 8.23. The van der Waals surface area contributed by atoms with Crippen LogP contribution in [-0.4, -0.2) is 52.7 Å². The van der Waals surface area contributed by atoms with Crippen LogP contribution in [0, 0.1) is 5.92 Å². The van der Waals surface area contributed by atoms with Crippen LogP contribution in [0.15, 0.2) is 24.3 Å². The van der Waals surface area contributed by atoms with Gasteiger partial charge in [0, 0.05) is 31.2 Å². The largest absolute Gasteiger partial charge is 0.381 e. The zero-order valence-corrected chi connectivity index (χ0v) is 15.3. The van der Waals surface area contributed by atoms with E-state index in [1.165, 1.54) is 11.2 Å². The van der Waals surface area contributed by atoms with E-state index in [9.17, 15) is 18.0 Å². The molecule has 1 N–H and O–H groups in total. The van der Waals surface area contributed by atoms with Crippen molar-refractivity contribution in [3.63, 3.8) is 0 Å². The van der Waals surface area contributed by atoms with Gasteiger partial charge < -0.3 is 10.1 Å². The SMILES string of the molecule is CC(=O)c1cccc(N(CCNC(=O)C2CCOCC2)S(C)(=O)=O)c1. The van der Waals surface area contributed by atoms with Crippen molar-refractivity contribution in [2.24, 2.45) is 5.92 Å². The molecule has 1 aliphatic rings. The number of carbonyl (C=O) groups is 2. The van der Waals surface area contributed by atoms with Crippen LogP contribution in [0.25, 0.3) is 0 Å². The van der Waals surface area contributed by atoms with Gasteiger partial charge in [0.05, 0.1) is 18.5 Å². The molecule has 1 aromatic carbocycles. The summed E-state index contributed by atoms with van der Waals surface area (Å²) in [6, 6.07) is 6.46. The number of sulfonamides is 1. The van der Waals surface area contributed by atoms with Gasteiger partial charge in [-0.1, -0.05) is 12.1 Å². The number of nitrogens with one attached hydrogen (secondary N) is 1. The molecule has 0 aliphatic carbocycles. The number of ketones is 1. The van der Waals surface area contributed by atoms with Gasteiger partial charge in [-0.3, -0.25) is 13.9 Å². The van der Waals surface area contributed by atoms with Crippen molar-refractivity contribution in [1.29, 1.82) is 0 Å². The van der Waals surface area contributed by atoms with Crippen LogP contribution in [-0.2, 0) is 19.6 Å². The summed E-state index contributed by atoms with van der Waals surface area (Å²) >= 11 is 0. The van der Waals surface area contributed by atoms with Crippen molar-refractivity contribution < 1.29 is 22.7 Å². The van der Waals surface area contributed by atoms with Crippen molar-refractivity contribution in [2.45, 2.75) is 19.8 Å².